The Bertz CT molecular complexity index is 1970. The molecule has 75 heavy (non-hydrogen) atoms. The lowest BCUT2D eigenvalue weighted by atomic mass is 9.46. The van der Waals surface area contributed by atoms with Crippen molar-refractivity contribution in [1.29, 1.82) is 0 Å². The maximum atomic E-state index is 12.9. The minimum atomic E-state index is -1.87. The summed E-state index contributed by atoms with van der Waals surface area (Å²) in [5, 5.41) is 161. The average Bonchev–Trinajstić information content (AvgIpc) is 3.86. The lowest BCUT2D eigenvalue weighted by molar-refractivity contribution is -0.389. The van der Waals surface area contributed by atoms with Gasteiger partial charge in [-0.05, 0) is 87.4 Å². The van der Waals surface area contributed by atoms with Crippen molar-refractivity contribution in [3.8, 4) is 0 Å². The highest BCUT2D eigenvalue weighted by Crippen LogP contribution is 2.71. The third kappa shape index (κ3) is 10.0. The molecule has 5 saturated heterocycles. The summed E-state index contributed by atoms with van der Waals surface area (Å²) in [5.74, 6) is -1.92. The molecule has 15 N–H and O–H groups in total. The molecule has 1 unspecified atom stereocenters. The Labute approximate surface area is 435 Å². The van der Waals surface area contributed by atoms with Crippen molar-refractivity contribution < 1.29 is 119 Å². The van der Waals surface area contributed by atoms with Crippen LogP contribution in [0, 0.1) is 40.4 Å². The number of fused-ring (bicyclic) bond motifs is 7. The first-order valence-electron chi connectivity index (χ1n) is 27.0. The van der Waals surface area contributed by atoms with Gasteiger partial charge < -0.3 is 119 Å². The molecular weight excluding hydrogens is 997 g/mol. The fraction of sp³-hybridized carbons (Fsp3) is 0.961. The van der Waals surface area contributed by atoms with E-state index < -0.39 is 178 Å². The molecule has 432 valence electrons. The molecule has 0 aromatic rings. The van der Waals surface area contributed by atoms with Crippen LogP contribution in [-0.2, 0) is 42.6 Å². The van der Waals surface area contributed by atoms with E-state index in [0.29, 0.717) is 38.5 Å². The van der Waals surface area contributed by atoms with Crippen molar-refractivity contribution in [2.24, 2.45) is 40.4 Å². The van der Waals surface area contributed by atoms with Crippen LogP contribution in [0.1, 0.15) is 92.4 Å². The van der Waals surface area contributed by atoms with Gasteiger partial charge in [0.25, 0.3) is 0 Å². The van der Waals surface area contributed by atoms with Crippen LogP contribution in [0.5, 0.6) is 0 Å². The number of ether oxygens (including phenoxy) is 9. The zero-order valence-electron chi connectivity index (χ0n) is 43.2. The SMILES string of the molecule is C[C@H](CC[C@@]1(O)OC2C[C@H]3[C@@H]4CC=C5C[C@@H](O[C@@H]6O[C@H](CO)[C@@H](O[C@@H]7O[C@H](CO)[C@H](O)[C@@H](O)[C@H]7O)[C@H](O)[C@H]6O[C@@H]6O[C@@H](C)[C@H](O)[C@@H](O)[C@H]6O)CC[C@]5(C)[C@H]4CC[C@]3(C)[C@@]2(O)[C@@H]1C)CO[C@@H]1O[C@H](CO)[C@@H](O)[C@H](O)[C@H]1O. The first kappa shape index (κ1) is 58.4. The Hall–Kier alpha value is -1.22. The molecule has 24 heteroatoms. The largest absolute Gasteiger partial charge is 0.394 e. The van der Waals surface area contributed by atoms with Crippen molar-refractivity contribution in [3.63, 3.8) is 0 Å². The van der Waals surface area contributed by atoms with E-state index in [-0.39, 0.29) is 42.1 Å². The number of hydrogen-bond donors (Lipinski definition) is 15. The fourth-order valence-corrected chi connectivity index (χ4v) is 14.9. The van der Waals surface area contributed by atoms with Gasteiger partial charge in [0.15, 0.2) is 30.9 Å². The first-order valence-corrected chi connectivity index (χ1v) is 27.0. The number of hydrogen-bond acceptors (Lipinski definition) is 24. The smallest absolute Gasteiger partial charge is 0.187 e. The van der Waals surface area contributed by atoms with Crippen molar-refractivity contribution in [1.82, 2.24) is 0 Å². The molecule has 0 amide bonds. The van der Waals surface area contributed by atoms with Gasteiger partial charge in [0.1, 0.15) is 97.2 Å². The summed E-state index contributed by atoms with van der Waals surface area (Å²) in [6, 6.07) is 0. The topological polar surface area (TPSA) is 387 Å². The van der Waals surface area contributed by atoms with Gasteiger partial charge in [0.2, 0.25) is 0 Å². The lowest BCUT2D eigenvalue weighted by Gasteiger charge is -2.59. The highest BCUT2D eigenvalue weighted by molar-refractivity contribution is 5.29. The molecule has 0 bridgehead atoms. The zero-order chi connectivity index (χ0) is 54.4. The van der Waals surface area contributed by atoms with Crippen LogP contribution in [-0.4, -0.2) is 249 Å². The maximum absolute atomic E-state index is 12.9. The highest BCUT2D eigenvalue weighted by atomic mass is 16.8. The molecule has 9 rings (SSSR count). The molecule has 4 aliphatic carbocycles. The number of rotatable bonds is 15. The highest BCUT2D eigenvalue weighted by Gasteiger charge is 2.75. The van der Waals surface area contributed by atoms with Crippen LogP contribution < -0.4 is 0 Å². The van der Waals surface area contributed by atoms with Gasteiger partial charge in [0, 0.05) is 17.8 Å². The van der Waals surface area contributed by atoms with Gasteiger partial charge in [-0.1, -0.05) is 39.3 Å². The second-order valence-corrected chi connectivity index (χ2v) is 23.9. The van der Waals surface area contributed by atoms with E-state index in [4.69, 9.17) is 42.6 Å². The van der Waals surface area contributed by atoms with E-state index in [1.54, 1.807) is 0 Å². The third-order valence-corrected chi connectivity index (χ3v) is 19.8. The molecule has 0 aromatic carbocycles. The summed E-state index contributed by atoms with van der Waals surface area (Å²) in [5.41, 5.74) is -0.976. The van der Waals surface area contributed by atoms with Crippen molar-refractivity contribution in [2.75, 3.05) is 26.4 Å². The first-order chi connectivity index (χ1) is 35.4. The van der Waals surface area contributed by atoms with Crippen molar-refractivity contribution in [2.45, 2.75) is 239 Å². The second kappa shape index (κ2) is 22.3. The molecule has 8 fully saturated rings. The number of aliphatic hydroxyl groups is 15. The Morgan fingerprint density at radius 1 is 0.627 bits per heavy atom. The lowest BCUT2D eigenvalue weighted by Crippen LogP contribution is -2.67. The van der Waals surface area contributed by atoms with Gasteiger partial charge in [-0.15, -0.1) is 0 Å². The van der Waals surface area contributed by atoms with Crippen molar-refractivity contribution in [3.05, 3.63) is 11.6 Å². The summed E-state index contributed by atoms with van der Waals surface area (Å²) in [4.78, 5) is 0. The van der Waals surface area contributed by atoms with E-state index in [1.807, 2.05) is 13.8 Å². The predicted octanol–water partition coefficient (Wildman–Crippen LogP) is -3.89. The van der Waals surface area contributed by atoms with E-state index in [9.17, 15) is 76.6 Å². The Morgan fingerprint density at radius 3 is 1.84 bits per heavy atom. The third-order valence-electron chi connectivity index (χ3n) is 19.8. The molecular formula is C51H84O24. The minimum Gasteiger partial charge on any atom is -0.394 e. The van der Waals surface area contributed by atoms with Gasteiger partial charge in [-0.25, -0.2) is 0 Å². The normalized spacial score (nSPS) is 55.3. The van der Waals surface area contributed by atoms with Crippen LogP contribution >= 0.6 is 0 Å². The standard InChI is InChI=1S/C51H84O24/c1-20(19-67-44-38(61)36(59)33(56)28(16-52)70-44)8-13-50(65)22(3)51(66)31(75-50)15-27-25-7-6-23-14-24(9-11-48(23,4)26(25)10-12-49(27,51)5)69-47-43(74-45-39(62)35(58)32(55)21(2)68-45)41(64)42(30(18-54)72-47)73-46-40(63)37(60)34(57)29(17-53)71-46/h6,20-22,24-47,52-66H,7-19H2,1-5H3/t20-,21+,22-,24+,25-,26+,27+,28-,29-,30-,31?,32+,33-,34+,35-,36+,37-,38-,39-,40-,41+,42-,43-,44-,45+,46+,47-,48+,49+,50-,51-/m1/s1. The van der Waals surface area contributed by atoms with Crippen LogP contribution in [0.4, 0.5) is 0 Å². The van der Waals surface area contributed by atoms with Crippen LogP contribution in [0.15, 0.2) is 11.6 Å². The Morgan fingerprint density at radius 2 is 1.20 bits per heavy atom. The molecule has 3 saturated carbocycles. The minimum absolute atomic E-state index is 0.0763. The molecule has 9 aliphatic rings. The molecule has 0 radical (unpaired) electrons. The maximum Gasteiger partial charge on any atom is 0.187 e. The Kier molecular flexibility index (Phi) is 17.3. The van der Waals surface area contributed by atoms with E-state index >= 15 is 0 Å². The number of allylic oxidation sites excluding steroid dienone is 1. The summed E-state index contributed by atoms with van der Waals surface area (Å²) < 4.78 is 54.1. The van der Waals surface area contributed by atoms with Gasteiger partial charge in [-0.3, -0.25) is 0 Å². The van der Waals surface area contributed by atoms with E-state index in [1.165, 1.54) is 12.5 Å². The second-order valence-electron chi connectivity index (χ2n) is 23.9. The van der Waals surface area contributed by atoms with Crippen LogP contribution in [0.25, 0.3) is 0 Å². The zero-order valence-corrected chi connectivity index (χ0v) is 43.2. The molecule has 0 spiro atoms. The Balaban J connectivity index is 0.861. The van der Waals surface area contributed by atoms with Crippen molar-refractivity contribution >= 4 is 0 Å². The van der Waals surface area contributed by atoms with Gasteiger partial charge >= 0.3 is 0 Å². The van der Waals surface area contributed by atoms with E-state index in [2.05, 4.69) is 19.9 Å². The predicted molar refractivity (Wildman–Crippen MR) is 252 cm³/mol. The molecule has 31 atom stereocenters. The monoisotopic (exact) mass is 1080 g/mol. The van der Waals surface area contributed by atoms with Crippen LogP contribution in [0.2, 0.25) is 0 Å². The summed E-state index contributed by atoms with van der Waals surface area (Å²) in [6.07, 6.45) is -24.5. The molecule has 5 aliphatic heterocycles. The fourth-order valence-electron chi connectivity index (χ4n) is 14.9. The van der Waals surface area contributed by atoms with Crippen LogP contribution in [0.3, 0.4) is 0 Å². The summed E-state index contributed by atoms with van der Waals surface area (Å²) in [7, 11) is 0. The van der Waals surface area contributed by atoms with Gasteiger partial charge in [-0.2, -0.15) is 0 Å². The van der Waals surface area contributed by atoms with E-state index in [0.717, 1.165) is 12.8 Å². The average molecular weight is 1080 g/mol. The molecule has 0 aromatic heterocycles. The number of aliphatic hydroxyl groups excluding tert-OH is 13. The molecule has 24 nitrogen and oxygen atoms in total. The summed E-state index contributed by atoms with van der Waals surface area (Å²) >= 11 is 0. The summed E-state index contributed by atoms with van der Waals surface area (Å²) in [6.45, 7) is 7.61. The van der Waals surface area contributed by atoms with Gasteiger partial charge in [0.05, 0.1) is 44.7 Å². The molecule has 5 heterocycles. The quantitative estimate of drug-likeness (QED) is 0.0697.